The van der Waals surface area contributed by atoms with Crippen LogP contribution in [0.3, 0.4) is 0 Å². The van der Waals surface area contributed by atoms with Crippen LogP contribution in [0.5, 0.6) is 0 Å². The molecule has 2 nitrogen and oxygen atoms in total. The van der Waals surface area contributed by atoms with Crippen molar-refractivity contribution in [3.63, 3.8) is 0 Å². The lowest BCUT2D eigenvalue weighted by atomic mass is 9.87. The number of nitrogens with zero attached hydrogens (tertiary/aromatic N) is 1. The molecule has 1 aromatic carbocycles. The summed E-state index contributed by atoms with van der Waals surface area (Å²) in [5, 5.41) is 0. The van der Waals surface area contributed by atoms with Gasteiger partial charge in [0.25, 0.3) is 11.8 Å². The third kappa shape index (κ3) is 1.07. The number of rotatable bonds is 0. The average molecular weight is 288 g/mol. The molecular formula is C11H8BrF2NO. The van der Waals surface area contributed by atoms with Crippen molar-refractivity contribution in [2.45, 2.75) is 17.8 Å². The summed E-state index contributed by atoms with van der Waals surface area (Å²) in [7, 11) is 0. The number of hydrogen-bond acceptors (Lipinski definition) is 1. The maximum atomic E-state index is 13.5. The lowest BCUT2D eigenvalue weighted by Crippen LogP contribution is -2.40. The molecule has 1 amide bonds. The highest BCUT2D eigenvalue weighted by molar-refractivity contribution is 9.07. The highest BCUT2D eigenvalue weighted by Crippen LogP contribution is 2.64. The quantitative estimate of drug-likeness (QED) is 0.672. The molecule has 0 bridgehead atoms. The van der Waals surface area contributed by atoms with Crippen molar-refractivity contribution in [3.8, 4) is 0 Å². The van der Waals surface area contributed by atoms with E-state index in [0.717, 1.165) is 0 Å². The van der Waals surface area contributed by atoms with E-state index in [-0.39, 0.29) is 18.9 Å². The van der Waals surface area contributed by atoms with Crippen LogP contribution in [0.1, 0.15) is 22.3 Å². The SMILES string of the molecule is O=C1c2ccccc2C2(CN1Br)CC2(F)F. The van der Waals surface area contributed by atoms with Gasteiger partial charge in [0.1, 0.15) is 0 Å². The largest absolute Gasteiger partial charge is 0.274 e. The number of alkyl halides is 2. The van der Waals surface area contributed by atoms with Crippen molar-refractivity contribution >= 4 is 22.1 Å². The second kappa shape index (κ2) is 2.83. The fourth-order valence-electron chi connectivity index (χ4n) is 2.41. The van der Waals surface area contributed by atoms with Crippen LogP contribution in [0.4, 0.5) is 8.78 Å². The topological polar surface area (TPSA) is 20.3 Å². The Bertz CT molecular complexity index is 491. The number of carbonyl (C=O) groups is 1. The minimum Gasteiger partial charge on any atom is -0.274 e. The molecule has 1 unspecified atom stereocenters. The van der Waals surface area contributed by atoms with Gasteiger partial charge in [0.2, 0.25) is 0 Å². The first kappa shape index (κ1) is 10.2. The van der Waals surface area contributed by atoms with Gasteiger partial charge in [0.15, 0.2) is 0 Å². The van der Waals surface area contributed by atoms with Gasteiger partial charge in [-0.3, -0.25) is 8.72 Å². The molecule has 1 spiro atoms. The Hall–Kier alpha value is -0.970. The normalized spacial score (nSPS) is 30.4. The van der Waals surface area contributed by atoms with Gasteiger partial charge in [-0.25, -0.2) is 8.78 Å². The molecule has 84 valence electrons. The summed E-state index contributed by atoms with van der Waals surface area (Å²) in [4.78, 5) is 11.8. The molecule has 1 fully saturated rings. The molecule has 1 saturated carbocycles. The lowest BCUT2D eigenvalue weighted by molar-refractivity contribution is 0.0689. The van der Waals surface area contributed by atoms with Crippen LogP contribution >= 0.6 is 16.1 Å². The molecule has 1 aliphatic heterocycles. The molecule has 0 aromatic heterocycles. The number of halogens is 3. The van der Waals surface area contributed by atoms with Gasteiger partial charge in [0, 0.05) is 18.5 Å². The van der Waals surface area contributed by atoms with Gasteiger partial charge >= 0.3 is 0 Å². The smallest absolute Gasteiger partial charge is 0.264 e. The molecule has 1 aromatic rings. The monoisotopic (exact) mass is 287 g/mol. The predicted octanol–water partition coefficient (Wildman–Crippen LogP) is 2.73. The van der Waals surface area contributed by atoms with E-state index in [2.05, 4.69) is 16.1 Å². The van der Waals surface area contributed by atoms with Gasteiger partial charge in [0.05, 0.1) is 21.6 Å². The van der Waals surface area contributed by atoms with Crippen LogP contribution in [-0.2, 0) is 5.41 Å². The summed E-state index contributed by atoms with van der Waals surface area (Å²) in [6.45, 7) is 0.0375. The van der Waals surface area contributed by atoms with E-state index in [9.17, 15) is 13.6 Å². The van der Waals surface area contributed by atoms with Crippen molar-refractivity contribution in [2.75, 3.05) is 6.54 Å². The maximum Gasteiger partial charge on any atom is 0.264 e. The summed E-state index contributed by atoms with van der Waals surface area (Å²) in [6, 6.07) is 6.62. The highest BCUT2D eigenvalue weighted by Gasteiger charge is 2.74. The van der Waals surface area contributed by atoms with Crippen molar-refractivity contribution < 1.29 is 13.6 Å². The molecular weight excluding hydrogens is 280 g/mol. The zero-order valence-corrected chi connectivity index (χ0v) is 9.80. The molecule has 5 heteroatoms. The van der Waals surface area contributed by atoms with E-state index in [1.165, 1.54) is 3.93 Å². The summed E-state index contributed by atoms with van der Waals surface area (Å²) >= 11 is 3.04. The van der Waals surface area contributed by atoms with Crippen LogP contribution in [-0.4, -0.2) is 22.3 Å². The van der Waals surface area contributed by atoms with Crippen LogP contribution < -0.4 is 0 Å². The predicted molar refractivity (Wildman–Crippen MR) is 57.6 cm³/mol. The Morgan fingerprint density at radius 1 is 1.31 bits per heavy atom. The maximum absolute atomic E-state index is 13.5. The standard InChI is InChI=1S/C11H8BrF2NO/c12-15-6-10(5-11(10,13)14)8-4-2-1-3-7(8)9(15)16/h1-4H,5-6H2. The number of carbonyl (C=O) groups excluding carboxylic acids is 1. The summed E-state index contributed by atoms with van der Waals surface area (Å²) in [5.74, 6) is -2.94. The van der Waals surface area contributed by atoms with Crippen LogP contribution in [0, 0.1) is 0 Å². The molecule has 1 aliphatic carbocycles. The van der Waals surface area contributed by atoms with Crippen molar-refractivity contribution in [2.24, 2.45) is 0 Å². The second-order valence-corrected chi connectivity index (χ2v) is 5.19. The first-order chi connectivity index (χ1) is 7.48. The second-order valence-electron chi connectivity index (χ2n) is 4.33. The Balaban J connectivity index is 2.20. The summed E-state index contributed by atoms with van der Waals surface area (Å²) in [5.41, 5.74) is -0.301. The van der Waals surface area contributed by atoms with E-state index >= 15 is 0 Å². The van der Waals surface area contributed by atoms with Crippen LogP contribution in [0.25, 0.3) is 0 Å². The zero-order chi connectivity index (χ0) is 11.6. The highest BCUT2D eigenvalue weighted by atomic mass is 79.9. The third-order valence-corrected chi connectivity index (χ3v) is 3.97. The van der Waals surface area contributed by atoms with E-state index in [4.69, 9.17) is 0 Å². The Morgan fingerprint density at radius 2 is 1.94 bits per heavy atom. The molecule has 1 atom stereocenters. The van der Waals surface area contributed by atoms with Crippen LogP contribution in [0.15, 0.2) is 24.3 Å². The van der Waals surface area contributed by atoms with Crippen molar-refractivity contribution in [1.82, 2.24) is 3.93 Å². The van der Waals surface area contributed by atoms with Gasteiger partial charge in [-0.05, 0) is 11.6 Å². The van der Waals surface area contributed by atoms with Crippen LogP contribution in [0.2, 0.25) is 0 Å². The van der Waals surface area contributed by atoms with Gasteiger partial charge in [-0.15, -0.1) is 0 Å². The molecule has 0 radical (unpaired) electrons. The van der Waals surface area contributed by atoms with Crippen molar-refractivity contribution in [1.29, 1.82) is 0 Å². The average Bonchev–Trinajstić information content (AvgIpc) is 2.78. The Kier molecular flexibility index (Phi) is 1.80. The first-order valence-electron chi connectivity index (χ1n) is 4.93. The van der Waals surface area contributed by atoms with Crippen molar-refractivity contribution in [3.05, 3.63) is 35.4 Å². The zero-order valence-electron chi connectivity index (χ0n) is 8.21. The molecule has 0 saturated heterocycles. The minimum atomic E-state index is -2.70. The fraction of sp³-hybridized carbons (Fsp3) is 0.364. The first-order valence-corrected chi connectivity index (χ1v) is 5.64. The Labute approximate surface area is 99.6 Å². The third-order valence-electron chi connectivity index (χ3n) is 3.40. The Morgan fingerprint density at radius 3 is 2.56 bits per heavy atom. The van der Waals surface area contributed by atoms with Gasteiger partial charge in [-0.1, -0.05) is 18.2 Å². The lowest BCUT2D eigenvalue weighted by Gasteiger charge is -2.30. The summed E-state index contributed by atoms with van der Waals surface area (Å²) in [6.07, 6.45) is -0.174. The van der Waals surface area contributed by atoms with Gasteiger partial charge < -0.3 is 0 Å². The van der Waals surface area contributed by atoms with E-state index in [1.54, 1.807) is 24.3 Å². The fourth-order valence-corrected chi connectivity index (χ4v) is 3.03. The number of fused-ring (bicyclic) bond motifs is 2. The number of amides is 1. The van der Waals surface area contributed by atoms with Gasteiger partial charge in [-0.2, -0.15) is 0 Å². The van der Waals surface area contributed by atoms with E-state index in [0.29, 0.717) is 11.1 Å². The van der Waals surface area contributed by atoms with E-state index < -0.39 is 11.3 Å². The molecule has 0 N–H and O–H groups in total. The summed E-state index contributed by atoms with van der Waals surface area (Å²) < 4.78 is 28.2. The molecule has 2 aliphatic rings. The number of hydrogen-bond donors (Lipinski definition) is 0. The number of benzene rings is 1. The minimum absolute atomic E-state index is 0.0375. The molecule has 3 rings (SSSR count). The molecule has 1 heterocycles. The van der Waals surface area contributed by atoms with E-state index in [1.807, 2.05) is 0 Å². The molecule has 16 heavy (non-hydrogen) atoms.